The van der Waals surface area contributed by atoms with E-state index in [2.05, 4.69) is 23.8 Å². The van der Waals surface area contributed by atoms with E-state index in [-0.39, 0.29) is 11.8 Å². The first kappa shape index (κ1) is 23.5. The number of anilines is 1. The fourth-order valence-corrected chi connectivity index (χ4v) is 4.40. The Hall–Kier alpha value is -2.67. The van der Waals surface area contributed by atoms with E-state index < -0.39 is 0 Å². The number of carbonyl (C=O) groups is 1. The lowest BCUT2D eigenvalue weighted by Crippen LogP contribution is -2.37. The average Bonchev–Trinajstić information content (AvgIpc) is 3.06. The Morgan fingerprint density at radius 2 is 1.91 bits per heavy atom. The molecule has 0 N–H and O–H groups in total. The SMILES string of the molecule is CC(C)CCc1nc(N2CCCN(C(=O)C(C)C)CC2)c2cnn(-c3cccc(Cl)c3)c2n1. The highest BCUT2D eigenvalue weighted by Crippen LogP contribution is 2.28. The number of benzene rings is 1. The number of carbonyl (C=O) groups excluding carboxylic acids is 1. The number of hydrogen-bond acceptors (Lipinski definition) is 5. The maximum absolute atomic E-state index is 12.6. The molecule has 0 bridgehead atoms. The molecule has 1 aliphatic heterocycles. The van der Waals surface area contributed by atoms with Gasteiger partial charge in [0.25, 0.3) is 0 Å². The molecule has 8 heteroatoms. The number of nitrogens with zero attached hydrogens (tertiary/aromatic N) is 6. The van der Waals surface area contributed by atoms with Crippen molar-refractivity contribution in [1.82, 2.24) is 24.6 Å². The third-order valence-corrected chi connectivity index (χ3v) is 6.29. The van der Waals surface area contributed by atoms with Crippen molar-refractivity contribution in [2.45, 2.75) is 47.0 Å². The van der Waals surface area contributed by atoms with E-state index in [9.17, 15) is 4.79 Å². The molecule has 33 heavy (non-hydrogen) atoms. The number of amides is 1. The molecule has 1 amide bonds. The van der Waals surface area contributed by atoms with Gasteiger partial charge in [0.1, 0.15) is 11.6 Å². The van der Waals surface area contributed by atoms with Gasteiger partial charge in [0.15, 0.2) is 5.65 Å². The third kappa shape index (κ3) is 5.29. The molecule has 1 fully saturated rings. The molecule has 1 saturated heterocycles. The Labute approximate surface area is 200 Å². The lowest BCUT2D eigenvalue weighted by molar-refractivity contribution is -0.134. The average molecular weight is 469 g/mol. The van der Waals surface area contributed by atoms with Gasteiger partial charge < -0.3 is 9.80 Å². The van der Waals surface area contributed by atoms with Crippen molar-refractivity contribution in [3.05, 3.63) is 41.3 Å². The number of aryl methyl sites for hydroxylation is 1. The Balaban J connectivity index is 1.73. The maximum Gasteiger partial charge on any atom is 0.225 e. The van der Waals surface area contributed by atoms with E-state index in [1.165, 1.54) is 0 Å². The van der Waals surface area contributed by atoms with Crippen LogP contribution in [0.15, 0.2) is 30.5 Å². The summed E-state index contributed by atoms with van der Waals surface area (Å²) in [6.45, 7) is 11.4. The van der Waals surface area contributed by atoms with Gasteiger partial charge in [-0.2, -0.15) is 5.10 Å². The summed E-state index contributed by atoms with van der Waals surface area (Å²) in [6.07, 6.45) is 4.59. The van der Waals surface area contributed by atoms with Crippen molar-refractivity contribution in [2.75, 3.05) is 31.1 Å². The Morgan fingerprint density at radius 3 is 2.64 bits per heavy atom. The quantitative estimate of drug-likeness (QED) is 0.522. The largest absolute Gasteiger partial charge is 0.354 e. The lowest BCUT2D eigenvalue weighted by atomic mass is 10.1. The summed E-state index contributed by atoms with van der Waals surface area (Å²) in [5, 5.41) is 6.24. The maximum atomic E-state index is 12.6. The van der Waals surface area contributed by atoms with E-state index in [1.54, 1.807) is 0 Å². The zero-order chi connectivity index (χ0) is 23.5. The smallest absolute Gasteiger partial charge is 0.225 e. The molecule has 0 unspecified atom stereocenters. The lowest BCUT2D eigenvalue weighted by Gasteiger charge is -2.24. The summed E-state index contributed by atoms with van der Waals surface area (Å²) in [5.41, 5.74) is 1.67. The molecule has 2 aromatic heterocycles. The van der Waals surface area contributed by atoms with Crippen molar-refractivity contribution >= 4 is 34.4 Å². The highest BCUT2D eigenvalue weighted by Gasteiger charge is 2.24. The number of hydrogen-bond donors (Lipinski definition) is 0. The summed E-state index contributed by atoms with van der Waals surface area (Å²) in [4.78, 5) is 26.7. The molecule has 0 aliphatic carbocycles. The zero-order valence-electron chi connectivity index (χ0n) is 20.0. The van der Waals surface area contributed by atoms with Crippen molar-refractivity contribution in [3.63, 3.8) is 0 Å². The third-order valence-electron chi connectivity index (χ3n) is 6.05. The fourth-order valence-electron chi connectivity index (χ4n) is 4.22. The van der Waals surface area contributed by atoms with Crippen LogP contribution in [-0.4, -0.2) is 56.7 Å². The van der Waals surface area contributed by atoms with Crippen LogP contribution in [0.3, 0.4) is 0 Å². The topological polar surface area (TPSA) is 67.2 Å². The number of fused-ring (bicyclic) bond motifs is 1. The van der Waals surface area contributed by atoms with Gasteiger partial charge in [0.05, 0.1) is 17.3 Å². The number of rotatable bonds is 6. The highest BCUT2D eigenvalue weighted by atomic mass is 35.5. The van der Waals surface area contributed by atoms with E-state index in [0.717, 1.165) is 67.3 Å². The molecule has 176 valence electrons. The molecule has 1 aromatic carbocycles. The van der Waals surface area contributed by atoms with Gasteiger partial charge in [0.2, 0.25) is 5.91 Å². The Bertz CT molecular complexity index is 1130. The van der Waals surface area contributed by atoms with E-state index in [4.69, 9.17) is 21.6 Å². The molecule has 0 atom stereocenters. The molecule has 0 radical (unpaired) electrons. The van der Waals surface area contributed by atoms with Crippen molar-refractivity contribution in [1.29, 1.82) is 0 Å². The molecule has 7 nitrogen and oxygen atoms in total. The molecule has 3 heterocycles. The Kier molecular flexibility index (Phi) is 7.17. The normalized spacial score (nSPS) is 15.0. The predicted molar refractivity (Wildman–Crippen MR) is 133 cm³/mol. The first-order valence-corrected chi connectivity index (χ1v) is 12.3. The first-order chi connectivity index (χ1) is 15.8. The van der Waals surface area contributed by atoms with Gasteiger partial charge in [-0.15, -0.1) is 0 Å². The van der Waals surface area contributed by atoms with E-state index in [1.807, 2.05) is 53.9 Å². The van der Waals surface area contributed by atoms with Gasteiger partial charge in [-0.25, -0.2) is 14.6 Å². The van der Waals surface area contributed by atoms with Gasteiger partial charge in [0, 0.05) is 43.5 Å². The second-order valence-corrected chi connectivity index (χ2v) is 9.93. The van der Waals surface area contributed by atoms with Crippen LogP contribution in [0.1, 0.15) is 46.4 Å². The summed E-state index contributed by atoms with van der Waals surface area (Å²) < 4.78 is 1.84. The molecular formula is C25H33ClN6O. The van der Waals surface area contributed by atoms with Crippen LogP contribution in [0.25, 0.3) is 16.7 Å². The van der Waals surface area contributed by atoms with Crippen LogP contribution >= 0.6 is 11.6 Å². The summed E-state index contributed by atoms with van der Waals surface area (Å²) in [6, 6.07) is 7.65. The van der Waals surface area contributed by atoms with E-state index in [0.29, 0.717) is 17.5 Å². The van der Waals surface area contributed by atoms with E-state index >= 15 is 0 Å². The summed E-state index contributed by atoms with van der Waals surface area (Å²) in [5.74, 6) is 2.54. The van der Waals surface area contributed by atoms with Crippen LogP contribution in [0.5, 0.6) is 0 Å². The van der Waals surface area contributed by atoms with Gasteiger partial charge in [-0.1, -0.05) is 45.4 Å². The molecule has 3 aromatic rings. The van der Waals surface area contributed by atoms with Crippen molar-refractivity contribution in [2.24, 2.45) is 11.8 Å². The second-order valence-electron chi connectivity index (χ2n) is 9.49. The zero-order valence-corrected chi connectivity index (χ0v) is 20.7. The summed E-state index contributed by atoms with van der Waals surface area (Å²) in [7, 11) is 0. The summed E-state index contributed by atoms with van der Waals surface area (Å²) >= 11 is 6.25. The number of halogens is 1. The minimum absolute atomic E-state index is 0.0147. The molecule has 0 saturated carbocycles. The van der Waals surface area contributed by atoms with Crippen LogP contribution in [0.4, 0.5) is 5.82 Å². The predicted octanol–water partition coefficient (Wildman–Crippen LogP) is 4.75. The molecule has 1 aliphatic rings. The standard InChI is InChI=1S/C25H33ClN6O/c1-17(2)9-10-22-28-23(30-11-6-12-31(14-13-30)25(33)18(3)4)21-16-27-32(24(21)29-22)20-8-5-7-19(26)15-20/h5,7-8,15-18H,6,9-14H2,1-4H3. The van der Waals surface area contributed by atoms with Crippen LogP contribution < -0.4 is 4.90 Å². The minimum atomic E-state index is 0.0147. The van der Waals surface area contributed by atoms with Gasteiger partial charge in [-0.3, -0.25) is 4.79 Å². The fraction of sp³-hybridized carbons (Fsp3) is 0.520. The molecular weight excluding hydrogens is 436 g/mol. The number of aromatic nitrogens is 4. The van der Waals surface area contributed by atoms with Crippen LogP contribution in [-0.2, 0) is 11.2 Å². The minimum Gasteiger partial charge on any atom is -0.354 e. The molecule has 0 spiro atoms. The monoisotopic (exact) mass is 468 g/mol. The van der Waals surface area contributed by atoms with Crippen LogP contribution in [0, 0.1) is 11.8 Å². The van der Waals surface area contributed by atoms with Gasteiger partial charge >= 0.3 is 0 Å². The van der Waals surface area contributed by atoms with Crippen molar-refractivity contribution < 1.29 is 4.79 Å². The van der Waals surface area contributed by atoms with Crippen molar-refractivity contribution in [3.8, 4) is 5.69 Å². The first-order valence-electron chi connectivity index (χ1n) is 11.9. The Morgan fingerprint density at radius 1 is 1.09 bits per heavy atom. The van der Waals surface area contributed by atoms with Gasteiger partial charge in [-0.05, 0) is 37.0 Å². The van der Waals surface area contributed by atoms with Crippen LogP contribution in [0.2, 0.25) is 5.02 Å². The molecule has 4 rings (SSSR count). The second kappa shape index (κ2) is 10.1. The highest BCUT2D eigenvalue weighted by molar-refractivity contribution is 6.30.